The fourth-order valence-corrected chi connectivity index (χ4v) is 2.70. The fraction of sp³-hybridized carbons (Fsp3) is 0.364. The SMILES string of the molecule is OCCCSCc1coc(-c2cccs2)n1. The summed E-state index contributed by atoms with van der Waals surface area (Å²) in [6.45, 7) is 0.256. The number of rotatable bonds is 6. The monoisotopic (exact) mass is 255 g/mol. The van der Waals surface area contributed by atoms with Crippen LogP contribution in [0.5, 0.6) is 0 Å². The van der Waals surface area contributed by atoms with Crippen molar-refractivity contribution in [1.82, 2.24) is 4.98 Å². The molecule has 3 nitrogen and oxygen atoms in total. The molecule has 2 aromatic heterocycles. The van der Waals surface area contributed by atoms with E-state index in [-0.39, 0.29) is 6.61 Å². The summed E-state index contributed by atoms with van der Waals surface area (Å²) in [6, 6.07) is 3.99. The predicted molar refractivity (Wildman–Crippen MR) is 67.7 cm³/mol. The van der Waals surface area contributed by atoms with Crippen molar-refractivity contribution in [2.45, 2.75) is 12.2 Å². The molecule has 86 valence electrons. The van der Waals surface area contributed by atoms with Gasteiger partial charge < -0.3 is 9.52 Å². The maximum Gasteiger partial charge on any atom is 0.236 e. The molecule has 0 aromatic carbocycles. The molecule has 0 unspecified atom stereocenters. The van der Waals surface area contributed by atoms with Crippen LogP contribution >= 0.6 is 23.1 Å². The lowest BCUT2D eigenvalue weighted by Gasteiger charge is -1.95. The molecule has 0 aliphatic heterocycles. The highest BCUT2D eigenvalue weighted by Crippen LogP contribution is 2.24. The Morgan fingerprint density at radius 3 is 3.19 bits per heavy atom. The maximum atomic E-state index is 8.65. The van der Waals surface area contributed by atoms with Crippen molar-refractivity contribution in [2.24, 2.45) is 0 Å². The van der Waals surface area contributed by atoms with E-state index in [0.717, 1.165) is 28.5 Å². The molecule has 1 N–H and O–H groups in total. The Labute approximate surface area is 103 Å². The number of hydrogen-bond donors (Lipinski definition) is 1. The van der Waals surface area contributed by atoms with Gasteiger partial charge in [-0.2, -0.15) is 11.8 Å². The molecule has 0 aliphatic rings. The van der Waals surface area contributed by atoms with Crippen LogP contribution < -0.4 is 0 Å². The second-order valence-corrected chi connectivity index (χ2v) is 5.30. The molecule has 0 spiro atoms. The van der Waals surface area contributed by atoms with Crippen molar-refractivity contribution in [3.05, 3.63) is 29.5 Å². The Balaban J connectivity index is 1.88. The molecule has 0 saturated carbocycles. The van der Waals surface area contributed by atoms with Crippen molar-refractivity contribution in [2.75, 3.05) is 12.4 Å². The molecule has 0 radical (unpaired) electrons. The number of oxazole rings is 1. The first-order valence-electron chi connectivity index (χ1n) is 5.07. The van der Waals surface area contributed by atoms with E-state index in [2.05, 4.69) is 4.98 Å². The van der Waals surface area contributed by atoms with Crippen LogP contribution in [0.3, 0.4) is 0 Å². The molecule has 0 amide bonds. The van der Waals surface area contributed by atoms with Crippen molar-refractivity contribution >= 4 is 23.1 Å². The number of aliphatic hydroxyl groups excluding tert-OH is 1. The van der Waals surface area contributed by atoms with Crippen LogP contribution in [0.25, 0.3) is 10.8 Å². The first kappa shape index (κ1) is 11.7. The lowest BCUT2D eigenvalue weighted by Crippen LogP contribution is -1.87. The summed E-state index contributed by atoms with van der Waals surface area (Å²) >= 11 is 3.39. The van der Waals surface area contributed by atoms with Crippen molar-refractivity contribution in [3.63, 3.8) is 0 Å². The lowest BCUT2D eigenvalue weighted by molar-refractivity contribution is 0.296. The number of aliphatic hydroxyl groups is 1. The summed E-state index contributed by atoms with van der Waals surface area (Å²) < 4.78 is 5.40. The third-order valence-electron chi connectivity index (χ3n) is 1.98. The van der Waals surface area contributed by atoms with E-state index in [1.54, 1.807) is 29.4 Å². The van der Waals surface area contributed by atoms with Gasteiger partial charge in [0.05, 0.1) is 10.6 Å². The predicted octanol–water partition coefficient (Wildman–Crippen LogP) is 3.02. The summed E-state index contributed by atoms with van der Waals surface area (Å²) in [5.41, 5.74) is 0.964. The molecule has 0 bridgehead atoms. The first-order valence-corrected chi connectivity index (χ1v) is 7.10. The van der Waals surface area contributed by atoms with Gasteiger partial charge >= 0.3 is 0 Å². The lowest BCUT2D eigenvalue weighted by atomic mass is 10.5. The Bertz CT molecular complexity index is 411. The first-order chi connectivity index (χ1) is 7.90. The van der Waals surface area contributed by atoms with E-state index >= 15 is 0 Å². The van der Waals surface area contributed by atoms with Gasteiger partial charge in [0.25, 0.3) is 0 Å². The summed E-state index contributed by atoms with van der Waals surface area (Å²) in [4.78, 5) is 5.47. The van der Waals surface area contributed by atoms with Gasteiger partial charge in [-0.1, -0.05) is 6.07 Å². The molecule has 0 fully saturated rings. The summed E-state index contributed by atoms with van der Waals surface area (Å²) in [5, 5.41) is 10.7. The number of hydrogen-bond acceptors (Lipinski definition) is 5. The number of thiophene rings is 1. The van der Waals surface area contributed by atoms with Gasteiger partial charge in [0.15, 0.2) is 0 Å². The van der Waals surface area contributed by atoms with Crippen LogP contribution in [0.15, 0.2) is 28.2 Å². The number of nitrogens with zero attached hydrogens (tertiary/aromatic N) is 1. The Kier molecular flexibility index (Phi) is 4.44. The third-order valence-corrected chi connectivity index (χ3v) is 3.92. The van der Waals surface area contributed by atoms with Crippen LogP contribution in [0.4, 0.5) is 0 Å². The molecule has 0 saturated heterocycles. The van der Waals surface area contributed by atoms with E-state index in [4.69, 9.17) is 9.52 Å². The van der Waals surface area contributed by atoms with Gasteiger partial charge in [0, 0.05) is 12.4 Å². The molecule has 16 heavy (non-hydrogen) atoms. The van der Waals surface area contributed by atoms with E-state index in [1.165, 1.54) is 0 Å². The van der Waals surface area contributed by atoms with Gasteiger partial charge in [0.1, 0.15) is 6.26 Å². The summed E-state index contributed by atoms with van der Waals surface area (Å²) in [5.74, 6) is 2.50. The van der Waals surface area contributed by atoms with Gasteiger partial charge in [-0.3, -0.25) is 0 Å². The molecular formula is C11H13NO2S2. The zero-order valence-corrected chi connectivity index (χ0v) is 10.4. The van der Waals surface area contributed by atoms with Crippen molar-refractivity contribution in [1.29, 1.82) is 0 Å². The molecule has 5 heteroatoms. The topological polar surface area (TPSA) is 46.3 Å². The number of aromatic nitrogens is 1. The van der Waals surface area contributed by atoms with E-state index in [1.807, 2.05) is 17.5 Å². The van der Waals surface area contributed by atoms with Crippen LogP contribution in [0, 0.1) is 0 Å². The Morgan fingerprint density at radius 2 is 2.44 bits per heavy atom. The molecular weight excluding hydrogens is 242 g/mol. The minimum atomic E-state index is 0.256. The highest BCUT2D eigenvalue weighted by Gasteiger charge is 2.06. The second kappa shape index (κ2) is 6.08. The highest BCUT2D eigenvalue weighted by molar-refractivity contribution is 7.98. The standard InChI is InChI=1S/C11H13NO2S2/c13-4-2-5-15-8-9-7-14-11(12-9)10-3-1-6-16-10/h1,3,6-7,13H,2,4-5,8H2. The van der Waals surface area contributed by atoms with Crippen molar-refractivity contribution < 1.29 is 9.52 Å². The minimum Gasteiger partial charge on any atom is -0.444 e. The summed E-state index contributed by atoms with van der Waals surface area (Å²) in [7, 11) is 0. The van der Waals surface area contributed by atoms with Crippen LogP contribution in [-0.2, 0) is 5.75 Å². The molecule has 0 aliphatic carbocycles. The van der Waals surface area contributed by atoms with Gasteiger partial charge in [0.2, 0.25) is 5.89 Å². The fourth-order valence-electron chi connectivity index (χ4n) is 1.23. The zero-order valence-electron chi connectivity index (χ0n) is 8.76. The van der Waals surface area contributed by atoms with E-state index < -0.39 is 0 Å². The van der Waals surface area contributed by atoms with E-state index in [9.17, 15) is 0 Å². The number of thioether (sulfide) groups is 1. The average Bonchev–Trinajstić information content (AvgIpc) is 2.94. The third kappa shape index (κ3) is 3.10. The Hall–Kier alpha value is -0.780. The Morgan fingerprint density at radius 1 is 1.50 bits per heavy atom. The van der Waals surface area contributed by atoms with Crippen molar-refractivity contribution in [3.8, 4) is 10.8 Å². The average molecular weight is 255 g/mol. The van der Waals surface area contributed by atoms with Gasteiger partial charge in [-0.25, -0.2) is 4.98 Å². The zero-order chi connectivity index (χ0) is 11.2. The largest absolute Gasteiger partial charge is 0.444 e. The van der Waals surface area contributed by atoms with E-state index in [0.29, 0.717) is 5.89 Å². The normalized spacial score (nSPS) is 10.8. The van der Waals surface area contributed by atoms with Crippen LogP contribution in [0.2, 0.25) is 0 Å². The van der Waals surface area contributed by atoms with Gasteiger partial charge in [-0.05, 0) is 23.6 Å². The highest BCUT2D eigenvalue weighted by atomic mass is 32.2. The summed E-state index contributed by atoms with van der Waals surface area (Å²) in [6.07, 6.45) is 2.54. The molecule has 2 aromatic rings. The quantitative estimate of drug-likeness (QED) is 0.806. The smallest absolute Gasteiger partial charge is 0.236 e. The maximum absolute atomic E-state index is 8.65. The van der Waals surface area contributed by atoms with Gasteiger partial charge in [-0.15, -0.1) is 11.3 Å². The van der Waals surface area contributed by atoms with Crippen LogP contribution in [-0.4, -0.2) is 22.5 Å². The molecule has 2 heterocycles. The molecule has 0 atom stereocenters. The minimum absolute atomic E-state index is 0.256. The van der Waals surface area contributed by atoms with Crippen LogP contribution in [0.1, 0.15) is 12.1 Å². The second-order valence-electron chi connectivity index (χ2n) is 3.25. The molecule has 2 rings (SSSR count).